The van der Waals surface area contributed by atoms with Crippen LogP contribution in [-0.2, 0) is 5.41 Å². The molecule has 2 heterocycles. The second kappa shape index (κ2) is 11.8. The van der Waals surface area contributed by atoms with Crippen molar-refractivity contribution in [2.24, 2.45) is 0 Å². The number of para-hydroxylation sites is 1. The molecule has 1 aliphatic heterocycles. The van der Waals surface area contributed by atoms with E-state index in [1.54, 1.807) is 0 Å². The van der Waals surface area contributed by atoms with Crippen LogP contribution in [0.15, 0.2) is 176 Å². The topological polar surface area (TPSA) is 29.0 Å². The fourth-order valence-corrected chi connectivity index (χ4v) is 9.65. The Kier molecular flexibility index (Phi) is 6.80. The van der Waals surface area contributed by atoms with E-state index in [-0.39, 0.29) is 17.6 Å². The molecule has 2 aliphatic rings. The first-order chi connectivity index (χ1) is 26.6. The van der Waals surface area contributed by atoms with E-state index in [2.05, 4.69) is 205 Å². The van der Waals surface area contributed by atoms with Crippen molar-refractivity contribution in [1.82, 2.24) is 15.2 Å². The van der Waals surface area contributed by atoms with Gasteiger partial charge in [0.25, 0.3) is 0 Å². The summed E-state index contributed by atoms with van der Waals surface area (Å²) in [5.74, 6) is 0. The summed E-state index contributed by atoms with van der Waals surface area (Å²) in [5.41, 5.74) is 13.7. The Hall–Kier alpha value is -6.42. The maximum Gasteiger partial charge on any atom is 0.104 e. The van der Waals surface area contributed by atoms with Crippen molar-refractivity contribution in [1.29, 1.82) is 0 Å². The fourth-order valence-electron chi connectivity index (χ4n) is 9.65. The molecule has 54 heavy (non-hydrogen) atoms. The standard InChI is InChI=1S/C51H39N3/c1-51(2)47-40-23-12-10-20-37(40)36-19-9-11-22-39(36)46(47)42-30-29-41-38-21-13-14-24-45(38)54(49(41)48(42)51)35-27-25-33(26-28-35)44-31-43(32-15-5-3-6-16-32)52-50(53-44)34-17-7-4-8-18-34/h3-31,43,50,52-53H,1-2H3. The molecule has 3 nitrogen and oxygen atoms in total. The van der Waals surface area contributed by atoms with Crippen LogP contribution in [0.5, 0.6) is 0 Å². The summed E-state index contributed by atoms with van der Waals surface area (Å²) in [6.07, 6.45) is 2.30. The minimum absolute atomic E-state index is 0.0213. The number of fused-ring (bicyclic) bond motifs is 12. The van der Waals surface area contributed by atoms with Crippen molar-refractivity contribution in [2.45, 2.75) is 31.5 Å². The van der Waals surface area contributed by atoms with Gasteiger partial charge in [0.1, 0.15) is 6.17 Å². The van der Waals surface area contributed by atoms with Gasteiger partial charge >= 0.3 is 0 Å². The lowest BCUT2D eigenvalue weighted by molar-refractivity contribution is 0.442. The first-order valence-corrected chi connectivity index (χ1v) is 19.0. The quantitative estimate of drug-likeness (QED) is 0.180. The number of nitrogens with one attached hydrogen (secondary N) is 2. The Morgan fingerprint density at radius 1 is 0.500 bits per heavy atom. The minimum Gasteiger partial charge on any atom is -0.366 e. The van der Waals surface area contributed by atoms with Crippen molar-refractivity contribution in [2.75, 3.05) is 0 Å². The van der Waals surface area contributed by atoms with E-state index in [0.29, 0.717) is 0 Å². The highest BCUT2D eigenvalue weighted by molar-refractivity contribution is 6.21. The van der Waals surface area contributed by atoms with Crippen LogP contribution in [0.25, 0.3) is 65.9 Å². The van der Waals surface area contributed by atoms with Gasteiger partial charge in [-0.3, -0.25) is 5.32 Å². The number of rotatable bonds is 4. The molecule has 1 aromatic heterocycles. The van der Waals surface area contributed by atoms with Crippen molar-refractivity contribution < 1.29 is 0 Å². The third kappa shape index (κ3) is 4.52. The van der Waals surface area contributed by atoms with E-state index in [9.17, 15) is 0 Å². The number of aromatic nitrogens is 1. The predicted molar refractivity (Wildman–Crippen MR) is 226 cm³/mol. The van der Waals surface area contributed by atoms with Gasteiger partial charge in [0.2, 0.25) is 0 Å². The maximum atomic E-state index is 3.83. The highest BCUT2D eigenvalue weighted by Crippen LogP contribution is 2.57. The number of hydrogen-bond donors (Lipinski definition) is 2. The molecule has 2 unspecified atom stereocenters. The zero-order valence-corrected chi connectivity index (χ0v) is 30.3. The van der Waals surface area contributed by atoms with E-state index in [1.165, 1.54) is 82.3 Å². The van der Waals surface area contributed by atoms with Crippen LogP contribution in [0.2, 0.25) is 0 Å². The molecule has 0 amide bonds. The van der Waals surface area contributed by atoms with Crippen LogP contribution in [0.3, 0.4) is 0 Å². The molecule has 0 fully saturated rings. The van der Waals surface area contributed by atoms with Gasteiger partial charge in [-0.05, 0) is 84.8 Å². The Morgan fingerprint density at radius 3 is 1.81 bits per heavy atom. The van der Waals surface area contributed by atoms with Crippen LogP contribution in [0.1, 0.15) is 53.9 Å². The number of nitrogens with zero attached hydrogens (tertiary/aromatic N) is 1. The predicted octanol–water partition coefficient (Wildman–Crippen LogP) is 12.4. The lowest BCUT2D eigenvalue weighted by atomic mass is 9.78. The molecule has 0 spiro atoms. The van der Waals surface area contributed by atoms with Crippen molar-refractivity contribution in [3.63, 3.8) is 0 Å². The molecule has 9 aromatic rings. The number of benzene rings is 8. The van der Waals surface area contributed by atoms with Gasteiger partial charge in [0.15, 0.2) is 0 Å². The second-order valence-corrected chi connectivity index (χ2v) is 15.4. The largest absolute Gasteiger partial charge is 0.366 e. The molecule has 2 atom stereocenters. The fraction of sp³-hybridized carbons (Fsp3) is 0.0980. The van der Waals surface area contributed by atoms with E-state index in [0.717, 1.165) is 11.4 Å². The highest BCUT2D eigenvalue weighted by Gasteiger charge is 2.41. The lowest BCUT2D eigenvalue weighted by Crippen LogP contribution is -2.39. The van der Waals surface area contributed by atoms with E-state index >= 15 is 0 Å². The van der Waals surface area contributed by atoms with Gasteiger partial charge in [-0.1, -0.05) is 166 Å². The Bertz CT molecular complexity index is 2950. The summed E-state index contributed by atoms with van der Waals surface area (Å²) in [4.78, 5) is 0. The van der Waals surface area contributed by atoms with E-state index in [4.69, 9.17) is 0 Å². The van der Waals surface area contributed by atoms with Gasteiger partial charge in [-0.25, -0.2) is 0 Å². The van der Waals surface area contributed by atoms with Gasteiger partial charge in [0.05, 0.1) is 17.1 Å². The summed E-state index contributed by atoms with van der Waals surface area (Å²) in [6, 6.07) is 62.3. The van der Waals surface area contributed by atoms with Gasteiger partial charge in [-0.15, -0.1) is 0 Å². The van der Waals surface area contributed by atoms with Crippen molar-refractivity contribution >= 4 is 49.0 Å². The normalized spacial score (nSPS) is 17.4. The zero-order valence-electron chi connectivity index (χ0n) is 30.3. The van der Waals surface area contributed by atoms with Crippen LogP contribution in [0, 0.1) is 0 Å². The molecule has 0 saturated heterocycles. The van der Waals surface area contributed by atoms with Crippen LogP contribution in [0.4, 0.5) is 0 Å². The average molecular weight is 694 g/mol. The van der Waals surface area contributed by atoms with Crippen LogP contribution < -0.4 is 10.6 Å². The monoisotopic (exact) mass is 693 g/mol. The summed E-state index contributed by atoms with van der Waals surface area (Å²) in [6.45, 7) is 4.87. The first kappa shape index (κ1) is 31.1. The molecular formula is C51H39N3. The maximum absolute atomic E-state index is 3.83. The minimum atomic E-state index is -0.234. The van der Waals surface area contributed by atoms with E-state index < -0.39 is 0 Å². The number of hydrogen-bond acceptors (Lipinski definition) is 2. The highest BCUT2D eigenvalue weighted by atomic mass is 15.2. The molecule has 0 radical (unpaired) electrons. The molecule has 1 aliphatic carbocycles. The summed E-state index contributed by atoms with van der Waals surface area (Å²) in [7, 11) is 0. The smallest absolute Gasteiger partial charge is 0.104 e. The molecule has 0 bridgehead atoms. The Balaban J connectivity index is 1.10. The van der Waals surface area contributed by atoms with E-state index in [1.807, 2.05) is 0 Å². The summed E-state index contributed by atoms with van der Waals surface area (Å²) in [5, 5.41) is 15.5. The lowest BCUT2D eigenvalue weighted by Gasteiger charge is -2.33. The van der Waals surface area contributed by atoms with Crippen molar-refractivity contribution in [3.05, 3.63) is 204 Å². The van der Waals surface area contributed by atoms with Gasteiger partial charge in [-0.2, -0.15) is 0 Å². The van der Waals surface area contributed by atoms with Gasteiger partial charge in [0, 0.05) is 27.6 Å². The SMILES string of the molecule is CC1(C)c2c(c3ccccc3c3ccccc23)-c2ccc3c4ccccc4n(-c4ccc(C5=CC(c6ccccc6)NC(c6ccccc6)N5)cc4)c3c21. The van der Waals surface area contributed by atoms with Crippen LogP contribution >= 0.6 is 0 Å². The second-order valence-electron chi connectivity index (χ2n) is 15.4. The van der Waals surface area contributed by atoms with Gasteiger partial charge < -0.3 is 9.88 Å². The zero-order chi connectivity index (χ0) is 36.0. The average Bonchev–Trinajstić information content (AvgIpc) is 3.70. The molecule has 11 rings (SSSR count). The first-order valence-electron chi connectivity index (χ1n) is 19.0. The third-order valence-corrected chi connectivity index (χ3v) is 12.0. The van der Waals surface area contributed by atoms with Crippen LogP contribution in [-0.4, -0.2) is 4.57 Å². The molecular weight excluding hydrogens is 655 g/mol. The third-order valence-electron chi connectivity index (χ3n) is 12.0. The molecule has 2 N–H and O–H groups in total. The summed E-state index contributed by atoms with van der Waals surface area (Å²) < 4.78 is 2.52. The molecule has 8 aromatic carbocycles. The molecule has 3 heteroatoms. The summed E-state index contributed by atoms with van der Waals surface area (Å²) >= 11 is 0. The van der Waals surface area contributed by atoms with Crippen molar-refractivity contribution in [3.8, 4) is 16.8 Å². The Labute approximate surface area is 315 Å². The molecule has 0 saturated carbocycles. The Morgan fingerprint density at radius 2 is 1.09 bits per heavy atom. The molecule has 258 valence electrons.